The molecule has 0 spiro atoms. The van der Waals surface area contributed by atoms with Gasteiger partial charge in [-0.1, -0.05) is 32.1 Å². The van der Waals surface area contributed by atoms with E-state index in [0.29, 0.717) is 12.3 Å². The zero-order valence-electron chi connectivity index (χ0n) is 13.2. The minimum Gasteiger partial charge on any atom is -0.393 e. The lowest BCUT2D eigenvalue weighted by molar-refractivity contribution is -0.173. The highest BCUT2D eigenvalue weighted by molar-refractivity contribution is 6.01. The lowest BCUT2D eigenvalue weighted by Gasteiger charge is -2.52. The maximum atomic E-state index is 13.0. The Morgan fingerprint density at radius 1 is 0.818 bits per heavy atom. The van der Waals surface area contributed by atoms with Crippen molar-refractivity contribution in [2.45, 2.75) is 76.4 Å². The normalized spacial score (nSPS) is 43.1. The van der Waals surface area contributed by atoms with Crippen LogP contribution < -0.4 is 0 Å². The highest BCUT2D eigenvalue weighted by atomic mass is 16.3. The molecule has 0 radical (unpaired) electrons. The fourth-order valence-electron chi connectivity index (χ4n) is 5.81. The molecule has 4 nitrogen and oxygen atoms in total. The Bertz CT molecular complexity index is 471. The number of imide groups is 1. The Morgan fingerprint density at radius 3 is 2.32 bits per heavy atom. The average molecular weight is 305 g/mol. The molecule has 0 aromatic carbocycles. The van der Waals surface area contributed by atoms with Gasteiger partial charge in [0, 0.05) is 17.9 Å². The van der Waals surface area contributed by atoms with Gasteiger partial charge in [-0.3, -0.25) is 14.5 Å². The van der Waals surface area contributed by atoms with E-state index in [9.17, 15) is 14.7 Å². The van der Waals surface area contributed by atoms with Crippen LogP contribution in [-0.4, -0.2) is 34.0 Å². The number of aliphatic hydroxyl groups is 1. The minimum atomic E-state index is -0.352. The Morgan fingerprint density at radius 2 is 1.55 bits per heavy atom. The minimum absolute atomic E-state index is 0.0452. The Hall–Kier alpha value is -0.900. The lowest BCUT2D eigenvalue weighted by Crippen LogP contribution is -2.62. The maximum Gasteiger partial charge on any atom is 0.232 e. The molecule has 4 aliphatic rings. The summed E-state index contributed by atoms with van der Waals surface area (Å²) in [6.45, 7) is 0. The molecular formula is C18H27NO3. The van der Waals surface area contributed by atoms with Crippen molar-refractivity contribution in [3.8, 4) is 0 Å². The number of carbonyl (C=O) groups is 2. The standard InChI is InChI=1S/C18H27NO3/c20-13-9-11-5-4-8-14-16(11)15(10-13)18(22)19(17(14)21)12-6-2-1-3-7-12/h11-16,20H,1-10H2. The first kappa shape index (κ1) is 14.7. The van der Waals surface area contributed by atoms with Crippen molar-refractivity contribution in [2.75, 3.05) is 0 Å². The second-order valence-electron chi connectivity index (χ2n) is 7.94. The summed E-state index contributed by atoms with van der Waals surface area (Å²) in [5, 5.41) is 10.2. The Kier molecular flexibility index (Phi) is 3.75. The lowest BCUT2D eigenvalue weighted by atomic mass is 9.57. The molecule has 1 N–H and O–H groups in total. The van der Waals surface area contributed by atoms with E-state index in [4.69, 9.17) is 0 Å². The summed E-state index contributed by atoms with van der Waals surface area (Å²) in [6.07, 6.45) is 9.57. The summed E-state index contributed by atoms with van der Waals surface area (Å²) < 4.78 is 0. The number of likely N-dealkylation sites (tertiary alicyclic amines) is 1. The van der Waals surface area contributed by atoms with Crippen molar-refractivity contribution >= 4 is 11.8 Å². The quantitative estimate of drug-likeness (QED) is 0.757. The van der Waals surface area contributed by atoms with E-state index >= 15 is 0 Å². The number of nitrogens with zero attached hydrogens (tertiary/aromatic N) is 1. The van der Waals surface area contributed by atoms with Gasteiger partial charge in [-0.15, -0.1) is 0 Å². The second-order valence-corrected chi connectivity index (χ2v) is 7.94. The van der Waals surface area contributed by atoms with Crippen LogP contribution in [0.25, 0.3) is 0 Å². The summed E-state index contributed by atoms with van der Waals surface area (Å²) in [5.74, 6) is 0.725. The van der Waals surface area contributed by atoms with Crippen molar-refractivity contribution in [3.05, 3.63) is 0 Å². The zero-order valence-corrected chi connectivity index (χ0v) is 13.2. The maximum absolute atomic E-state index is 13.0. The molecule has 5 unspecified atom stereocenters. The van der Waals surface area contributed by atoms with Crippen LogP contribution in [0.15, 0.2) is 0 Å². The van der Waals surface area contributed by atoms with Gasteiger partial charge >= 0.3 is 0 Å². The van der Waals surface area contributed by atoms with Crippen LogP contribution in [0.5, 0.6) is 0 Å². The molecular weight excluding hydrogens is 278 g/mol. The second kappa shape index (κ2) is 5.63. The topological polar surface area (TPSA) is 57.6 Å². The molecule has 3 aliphatic carbocycles. The summed E-state index contributed by atoms with van der Waals surface area (Å²) >= 11 is 0. The summed E-state index contributed by atoms with van der Waals surface area (Å²) in [5.41, 5.74) is 0. The molecule has 122 valence electrons. The summed E-state index contributed by atoms with van der Waals surface area (Å²) in [7, 11) is 0. The molecule has 0 aromatic rings. The number of piperidine rings is 1. The van der Waals surface area contributed by atoms with Crippen LogP contribution in [-0.2, 0) is 9.59 Å². The number of aliphatic hydroxyl groups excluding tert-OH is 1. The number of hydrogen-bond acceptors (Lipinski definition) is 3. The largest absolute Gasteiger partial charge is 0.393 e. The van der Waals surface area contributed by atoms with E-state index in [1.54, 1.807) is 4.90 Å². The van der Waals surface area contributed by atoms with Crippen molar-refractivity contribution in [3.63, 3.8) is 0 Å². The molecule has 1 saturated heterocycles. The number of hydrogen-bond donors (Lipinski definition) is 1. The van der Waals surface area contributed by atoms with Gasteiger partial charge in [0.1, 0.15) is 0 Å². The van der Waals surface area contributed by atoms with E-state index in [2.05, 4.69) is 0 Å². The van der Waals surface area contributed by atoms with Gasteiger partial charge in [0.15, 0.2) is 0 Å². The van der Waals surface area contributed by atoms with Gasteiger partial charge < -0.3 is 5.11 Å². The third-order valence-corrected chi connectivity index (χ3v) is 6.71. The molecule has 4 heteroatoms. The predicted molar refractivity (Wildman–Crippen MR) is 81.8 cm³/mol. The molecule has 4 fully saturated rings. The van der Waals surface area contributed by atoms with E-state index < -0.39 is 0 Å². The van der Waals surface area contributed by atoms with Crippen molar-refractivity contribution in [2.24, 2.45) is 23.7 Å². The molecule has 5 atom stereocenters. The SMILES string of the molecule is O=C1C2CCCC3CC(O)CC(C(=O)N1C1CCCCC1)C32. The average Bonchev–Trinajstić information content (AvgIpc) is 2.53. The molecule has 3 saturated carbocycles. The van der Waals surface area contributed by atoms with Crippen LogP contribution in [0.1, 0.15) is 64.2 Å². The molecule has 0 aromatic heterocycles. The number of rotatable bonds is 1. The van der Waals surface area contributed by atoms with Crippen LogP contribution in [0, 0.1) is 23.7 Å². The highest BCUT2D eigenvalue weighted by Crippen LogP contribution is 2.51. The van der Waals surface area contributed by atoms with E-state index in [1.807, 2.05) is 0 Å². The fraction of sp³-hybridized carbons (Fsp3) is 0.889. The predicted octanol–water partition coefficient (Wildman–Crippen LogP) is 2.49. The first-order valence-electron chi connectivity index (χ1n) is 9.22. The monoisotopic (exact) mass is 305 g/mol. The zero-order chi connectivity index (χ0) is 15.3. The van der Waals surface area contributed by atoms with Gasteiger partial charge in [0.25, 0.3) is 0 Å². The van der Waals surface area contributed by atoms with Crippen LogP contribution in [0.4, 0.5) is 0 Å². The van der Waals surface area contributed by atoms with Gasteiger partial charge in [0.05, 0.1) is 6.10 Å². The smallest absolute Gasteiger partial charge is 0.232 e. The number of amides is 2. The third kappa shape index (κ3) is 2.22. The van der Waals surface area contributed by atoms with Crippen LogP contribution in [0.3, 0.4) is 0 Å². The molecule has 0 bridgehead atoms. The van der Waals surface area contributed by atoms with E-state index in [1.165, 1.54) is 6.42 Å². The van der Waals surface area contributed by atoms with Crippen molar-refractivity contribution < 1.29 is 14.7 Å². The van der Waals surface area contributed by atoms with Crippen molar-refractivity contribution in [1.82, 2.24) is 4.90 Å². The first-order valence-corrected chi connectivity index (χ1v) is 9.22. The summed E-state index contributed by atoms with van der Waals surface area (Å²) in [6, 6.07) is 0.133. The van der Waals surface area contributed by atoms with Gasteiger partial charge in [0.2, 0.25) is 11.8 Å². The molecule has 4 rings (SSSR count). The molecule has 2 amide bonds. The third-order valence-electron chi connectivity index (χ3n) is 6.71. The molecule has 1 aliphatic heterocycles. The van der Waals surface area contributed by atoms with Crippen LogP contribution in [0.2, 0.25) is 0 Å². The van der Waals surface area contributed by atoms with Crippen molar-refractivity contribution in [1.29, 1.82) is 0 Å². The summed E-state index contributed by atoms with van der Waals surface area (Å²) in [4.78, 5) is 27.7. The van der Waals surface area contributed by atoms with E-state index in [-0.39, 0.29) is 41.7 Å². The Labute approximate surface area is 132 Å². The van der Waals surface area contributed by atoms with Gasteiger partial charge in [-0.05, 0) is 43.9 Å². The molecule has 22 heavy (non-hydrogen) atoms. The number of carbonyl (C=O) groups excluding carboxylic acids is 2. The van der Waals surface area contributed by atoms with E-state index in [0.717, 1.165) is 51.4 Å². The Balaban J connectivity index is 1.65. The first-order chi connectivity index (χ1) is 10.7. The fourth-order valence-corrected chi connectivity index (χ4v) is 5.81. The molecule has 1 heterocycles. The highest BCUT2D eigenvalue weighted by Gasteiger charge is 2.55. The van der Waals surface area contributed by atoms with Gasteiger partial charge in [-0.2, -0.15) is 0 Å². The van der Waals surface area contributed by atoms with Crippen LogP contribution >= 0.6 is 0 Å². The van der Waals surface area contributed by atoms with Gasteiger partial charge in [-0.25, -0.2) is 0 Å².